The van der Waals surface area contributed by atoms with Gasteiger partial charge in [-0.05, 0) is 81.3 Å². The number of piperidine rings is 2. The van der Waals surface area contributed by atoms with E-state index in [-0.39, 0.29) is 12.3 Å². The fourth-order valence-electron chi connectivity index (χ4n) is 7.18. The second-order valence-electron chi connectivity index (χ2n) is 11.8. The summed E-state index contributed by atoms with van der Waals surface area (Å²) in [6.07, 6.45) is 7.80. The lowest BCUT2D eigenvalue weighted by molar-refractivity contribution is -0.132. The molecule has 0 unspecified atom stereocenters. The van der Waals surface area contributed by atoms with Crippen LogP contribution >= 0.6 is 0 Å². The average molecular weight is 557 g/mol. The zero-order valence-electron chi connectivity index (χ0n) is 24.4. The van der Waals surface area contributed by atoms with Gasteiger partial charge in [-0.15, -0.1) is 0 Å². The molecule has 7 heteroatoms. The van der Waals surface area contributed by atoms with Gasteiger partial charge in [0.25, 0.3) is 0 Å². The Kier molecular flexibility index (Phi) is 8.00. The van der Waals surface area contributed by atoms with Crippen molar-refractivity contribution in [2.75, 3.05) is 39.9 Å². The molecule has 41 heavy (non-hydrogen) atoms. The maximum atomic E-state index is 13.9. The Labute approximate surface area is 241 Å². The van der Waals surface area contributed by atoms with Crippen molar-refractivity contribution < 1.29 is 18.4 Å². The molecule has 0 bridgehead atoms. The van der Waals surface area contributed by atoms with Crippen LogP contribution in [0, 0.1) is 19.8 Å². The minimum absolute atomic E-state index is 0.00343. The molecule has 1 amide bonds. The summed E-state index contributed by atoms with van der Waals surface area (Å²) in [7, 11) is 1.66. The van der Waals surface area contributed by atoms with Crippen LogP contribution in [0.4, 0.5) is 0 Å². The topological polar surface area (TPSA) is 76.1 Å². The van der Waals surface area contributed by atoms with E-state index >= 15 is 0 Å². The van der Waals surface area contributed by atoms with Crippen molar-refractivity contribution in [2.45, 2.75) is 58.4 Å². The lowest BCUT2D eigenvalue weighted by Gasteiger charge is -2.45. The van der Waals surface area contributed by atoms with E-state index in [1.807, 2.05) is 43.0 Å². The first-order valence-corrected chi connectivity index (χ1v) is 15.0. The Balaban J connectivity index is 1.34. The molecule has 0 N–H and O–H groups in total. The largest absolute Gasteiger partial charge is 0.463 e. The van der Waals surface area contributed by atoms with Crippen molar-refractivity contribution in [1.29, 1.82) is 0 Å². The van der Waals surface area contributed by atoms with Crippen LogP contribution in [0.15, 0.2) is 56.3 Å². The first-order valence-electron chi connectivity index (χ1n) is 15.0. The number of hydrogen-bond acceptors (Lipinski definition) is 6. The second-order valence-corrected chi connectivity index (χ2v) is 11.8. The third kappa shape index (κ3) is 5.33. The highest BCUT2D eigenvalue weighted by Crippen LogP contribution is 2.39. The highest BCUT2D eigenvalue weighted by Gasteiger charge is 2.35. The number of fused-ring (bicyclic) bond motifs is 4. The van der Waals surface area contributed by atoms with Crippen LogP contribution in [0.1, 0.15) is 48.8 Å². The summed E-state index contributed by atoms with van der Waals surface area (Å²) in [5, 5.41) is 1.75. The van der Waals surface area contributed by atoms with Crippen molar-refractivity contribution in [3.8, 4) is 11.1 Å². The fourth-order valence-corrected chi connectivity index (χ4v) is 7.18. The summed E-state index contributed by atoms with van der Waals surface area (Å²) in [4.78, 5) is 31.7. The van der Waals surface area contributed by atoms with Gasteiger partial charge < -0.3 is 23.4 Å². The molecule has 0 radical (unpaired) electrons. The van der Waals surface area contributed by atoms with E-state index < -0.39 is 5.63 Å². The number of aryl methyl sites for hydroxylation is 2. The maximum absolute atomic E-state index is 13.9. The summed E-state index contributed by atoms with van der Waals surface area (Å²) in [5.41, 5.74) is 4.89. The van der Waals surface area contributed by atoms with Crippen LogP contribution < -0.4 is 5.63 Å². The molecular formula is C34H40N2O5. The lowest BCUT2D eigenvalue weighted by atomic mass is 9.83. The molecule has 216 valence electrons. The predicted octanol–water partition coefficient (Wildman–Crippen LogP) is 6.11. The molecular weight excluding hydrogens is 516 g/mol. The first-order chi connectivity index (χ1) is 20.0. The van der Waals surface area contributed by atoms with Crippen LogP contribution in [0.25, 0.3) is 33.1 Å². The zero-order chi connectivity index (χ0) is 28.5. The zero-order valence-corrected chi connectivity index (χ0v) is 24.4. The van der Waals surface area contributed by atoms with Crippen molar-refractivity contribution in [3.05, 3.63) is 69.8 Å². The van der Waals surface area contributed by atoms with Crippen LogP contribution in [-0.2, 0) is 16.0 Å². The molecule has 2 saturated heterocycles. The summed E-state index contributed by atoms with van der Waals surface area (Å²) >= 11 is 0. The molecule has 0 aliphatic carbocycles. The highest BCUT2D eigenvalue weighted by atomic mass is 16.5. The van der Waals surface area contributed by atoms with Crippen LogP contribution in [0.3, 0.4) is 0 Å². The van der Waals surface area contributed by atoms with Crippen LogP contribution in [0.5, 0.6) is 0 Å². The van der Waals surface area contributed by atoms with Crippen molar-refractivity contribution in [3.63, 3.8) is 0 Å². The van der Waals surface area contributed by atoms with Gasteiger partial charge in [-0.1, -0.05) is 36.8 Å². The molecule has 4 heterocycles. The van der Waals surface area contributed by atoms with Crippen LogP contribution in [-0.4, -0.2) is 61.6 Å². The molecule has 0 spiro atoms. The molecule has 2 atom stereocenters. The SMILES string of the molecule is COCCN(C[C@@H]1CCCN2CCCC[C@H]12)C(=O)Cc1c(C)c2c(cc(C)c3c(-c4ccccc4)coc32)oc1=O. The van der Waals surface area contributed by atoms with Crippen molar-refractivity contribution in [1.82, 2.24) is 9.80 Å². The van der Waals surface area contributed by atoms with Gasteiger partial charge in [0.15, 0.2) is 0 Å². The molecule has 7 nitrogen and oxygen atoms in total. The van der Waals surface area contributed by atoms with Gasteiger partial charge in [0.1, 0.15) is 11.2 Å². The standard InChI is InChI=1S/C34H40N2O5/c1-22-18-29-32(33-31(22)27(21-40-33)24-10-5-4-6-11-24)23(2)26(34(38)41-29)19-30(37)36(16-17-39-3)20-25-12-9-15-35-14-8-7-13-28(25)35/h4-6,10-11,18,21,25,28H,7-9,12-17,19-20H2,1-3H3/t25-,28+/m0/s1. The predicted molar refractivity (Wildman–Crippen MR) is 161 cm³/mol. The number of methoxy groups -OCH3 is 1. The van der Waals surface area contributed by atoms with Gasteiger partial charge in [0.2, 0.25) is 5.91 Å². The van der Waals surface area contributed by atoms with Crippen molar-refractivity contribution in [2.24, 2.45) is 5.92 Å². The van der Waals surface area contributed by atoms with E-state index in [1.54, 1.807) is 13.4 Å². The first kappa shape index (κ1) is 27.7. The Morgan fingerprint density at radius 2 is 1.88 bits per heavy atom. The number of rotatable bonds is 8. The van der Waals surface area contributed by atoms with Gasteiger partial charge in [-0.2, -0.15) is 0 Å². The fraction of sp³-hybridized carbons (Fsp3) is 0.471. The Bertz CT molecular complexity index is 1600. The maximum Gasteiger partial charge on any atom is 0.340 e. The van der Waals surface area contributed by atoms with E-state index in [2.05, 4.69) is 17.0 Å². The number of nitrogens with zero attached hydrogens (tertiary/aromatic N) is 2. The number of carbonyl (C=O) groups is 1. The van der Waals surface area contributed by atoms with E-state index in [9.17, 15) is 9.59 Å². The second kappa shape index (κ2) is 11.8. The average Bonchev–Trinajstić information content (AvgIpc) is 3.43. The third-order valence-electron chi connectivity index (χ3n) is 9.30. The molecule has 2 aliphatic rings. The third-order valence-corrected chi connectivity index (χ3v) is 9.30. The molecule has 2 aliphatic heterocycles. The van der Waals surface area contributed by atoms with E-state index in [0.717, 1.165) is 52.5 Å². The summed E-state index contributed by atoms with van der Waals surface area (Å²) in [6.45, 7) is 7.91. The lowest BCUT2D eigenvalue weighted by Crippen LogP contribution is -2.52. The number of benzene rings is 2. The Morgan fingerprint density at radius 3 is 2.68 bits per heavy atom. The highest BCUT2D eigenvalue weighted by molar-refractivity contribution is 6.11. The van der Waals surface area contributed by atoms with Crippen molar-refractivity contribution >= 4 is 27.8 Å². The number of carbonyl (C=O) groups excluding carboxylic acids is 1. The van der Waals surface area contributed by atoms with E-state index in [1.165, 1.54) is 25.7 Å². The van der Waals surface area contributed by atoms with Gasteiger partial charge in [-0.25, -0.2) is 4.79 Å². The number of amides is 1. The molecule has 4 aromatic rings. The van der Waals surface area contributed by atoms with Gasteiger partial charge >= 0.3 is 5.63 Å². The van der Waals surface area contributed by atoms with Crippen LogP contribution in [0.2, 0.25) is 0 Å². The molecule has 2 aromatic carbocycles. The van der Waals surface area contributed by atoms with E-state index in [0.29, 0.717) is 48.4 Å². The minimum atomic E-state index is -0.459. The van der Waals surface area contributed by atoms with E-state index in [4.69, 9.17) is 13.6 Å². The molecule has 2 fully saturated rings. The monoisotopic (exact) mass is 556 g/mol. The molecule has 0 saturated carbocycles. The number of hydrogen-bond donors (Lipinski definition) is 0. The quantitative estimate of drug-likeness (QED) is 0.244. The molecule has 2 aromatic heterocycles. The number of furan rings is 1. The van der Waals surface area contributed by atoms with Gasteiger partial charge in [0.05, 0.1) is 30.2 Å². The van der Waals surface area contributed by atoms with Gasteiger partial charge in [0, 0.05) is 37.2 Å². The summed E-state index contributed by atoms with van der Waals surface area (Å²) in [6, 6.07) is 12.6. The Hall–Kier alpha value is -3.42. The summed E-state index contributed by atoms with van der Waals surface area (Å²) in [5.74, 6) is 0.388. The number of ether oxygens (including phenoxy) is 1. The summed E-state index contributed by atoms with van der Waals surface area (Å²) < 4.78 is 17.4. The molecule has 6 rings (SSSR count). The normalized spacial score (nSPS) is 19.5. The van der Waals surface area contributed by atoms with Gasteiger partial charge in [-0.3, -0.25) is 4.79 Å². The smallest absolute Gasteiger partial charge is 0.340 e. The minimum Gasteiger partial charge on any atom is -0.463 e. The Morgan fingerprint density at radius 1 is 1.07 bits per heavy atom.